The summed E-state index contributed by atoms with van der Waals surface area (Å²) in [4.78, 5) is 22.2. The Labute approximate surface area is 148 Å². The summed E-state index contributed by atoms with van der Waals surface area (Å²) in [6.45, 7) is 0.524. The number of benzene rings is 1. The number of H-pyrrole nitrogens is 1. The lowest BCUT2D eigenvalue weighted by molar-refractivity contribution is 0.151. The van der Waals surface area contributed by atoms with Crippen molar-refractivity contribution in [2.24, 2.45) is 0 Å². The van der Waals surface area contributed by atoms with Gasteiger partial charge in [-0.05, 0) is 24.3 Å². The van der Waals surface area contributed by atoms with Crippen molar-refractivity contribution in [2.45, 2.75) is 11.3 Å². The van der Waals surface area contributed by atoms with E-state index in [-0.39, 0.29) is 12.2 Å². The highest BCUT2D eigenvalue weighted by Gasteiger charge is 2.32. The van der Waals surface area contributed by atoms with E-state index in [0.717, 1.165) is 11.3 Å². The van der Waals surface area contributed by atoms with Gasteiger partial charge in [0.1, 0.15) is 6.10 Å². The van der Waals surface area contributed by atoms with Crippen molar-refractivity contribution in [2.75, 3.05) is 17.2 Å². The normalized spacial score (nSPS) is 16.9. The van der Waals surface area contributed by atoms with E-state index in [1.165, 1.54) is 11.8 Å². The van der Waals surface area contributed by atoms with Crippen LogP contribution in [0, 0.1) is 0 Å². The SMILES string of the molecule is O=C1OC(CSc2n[nH]c(-c3cccnc3)n2)CN1c1ccccc1. The third-order valence-corrected chi connectivity index (χ3v) is 4.72. The van der Waals surface area contributed by atoms with E-state index in [4.69, 9.17) is 4.74 Å². The fraction of sp³-hybridized carbons (Fsp3) is 0.176. The van der Waals surface area contributed by atoms with Gasteiger partial charge in [-0.3, -0.25) is 15.0 Å². The maximum Gasteiger partial charge on any atom is 0.414 e. The maximum atomic E-state index is 12.0. The quantitative estimate of drug-likeness (QED) is 0.710. The molecule has 8 heteroatoms. The highest BCUT2D eigenvalue weighted by Crippen LogP contribution is 2.25. The van der Waals surface area contributed by atoms with Crippen molar-refractivity contribution >= 4 is 23.5 Å². The van der Waals surface area contributed by atoms with E-state index in [1.54, 1.807) is 17.3 Å². The molecule has 0 bridgehead atoms. The molecule has 0 radical (unpaired) electrons. The van der Waals surface area contributed by atoms with E-state index < -0.39 is 0 Å². The Morgan fingerprint density at radius 2 is 2.12 bits per heavy atom. The Balaban J connectivity index is 1.37. The number of nitrogens with zero attached hydrogens (tertiary/aromatic N) is 4. The predicted molar refractivity (Wildman–Crippen MR) is 94.4 cm³/mol. The number of nitrogens with one attached hydrogen (secondary N) is 1. The van der Waals surface area contributed by atoms with Gasteiger partial charge in [0, 0.05) is 29.4 Å². The van der Waals surface area contributed by atoms with Crippen LogP contribution < -0.4 is 4.90 Å². The molecule has 1 N–H and O–H groups in total. The summed E-state index contributed by atoms with van der Waals surface area (Å²) in [5, 5.41) is 7.71. The standard InChI is InChI=1S/C17H15N5O2S/c23-17-22(13-6-2-1-3-7-13)10-14(24-17)11-25-16-19-15(20-21-16)12-5-4-8-18-9-12/h1-9,14H,10-11H2,(H,19,20,21). The molecule has 126 valence electrons. The first-order valence-corrected chi connectivity index (χ1v) is 8.77. The van der Waals surface area contributed by atoms with Crippen LogP contribution >= 0.6 is 11.8 Å². The predicted octanol–water partition coefficient (Wildman–Crippen LogP) is 2.98. The van der Waals surface area contributed by atoms with Gasteiger partial charge >= 0.3 is 6.09 Å². The molecule has 1 fully saturated rings. The van der Waals surface area contributed by atoms with E-state index in [9.17, 15) is 4.79 Å². The zero-order chi connectivity index (χ0) is 17.1. The molecule has 25 heavy (non-hydrogen) atoms. The number of hydrogen-bond acceptors (Lipinski definition) is 6. The number of amides is 1. The number of thioether (sulfide) groups is 1. The number of para-hydroxylation sites is 1. The van der Waals surface area contributed by atoms with Gasteiger partial charge in [-0.1, -0.05) is 30.0 Å². The van der Waals surface area contributed by atoms with Crippen LogP contribution in [0.15, 0.2) is 60.0 Å². The lowest BCUT2D eigenvalue weighted by Gasteiger charge is -2.12. The molecule has 3 heterocycles. The number of aromatic amines is 1. The van der Waals surface area contributed by atoms with Gasteiger partial charge in [0.2, 0.25) is 5.16 Å². The van der Waals surface area contributed by atoms with Crippen LogP contribution in [0.25, 0.3) is 11.4 Å². The molecule has 7 nitrogen and oxygen atoms in total. The molecule has 1 saturated heterocycles. The monoisotopic (exact) mass is 353 g/mol. The maximum absolute atomic E-state index is 12.0. The number of aromatic nitrogens is 4. The van der Waals surface area contributed by atoms with Gasteiger partial charge in [-0.15, -0.1) is 5.10 Å². The van der Waals surface area contributed by atoms with Crippen LogP contribution in [0.3, 0.4) is 0 Å². The molecular weight excluding hydrogens is 338 g/mol. The molecule has 3 aromatic rings. The molecular formula is C17H15N5O2S. The first kappa shape index (κ1) is 15.6. The van der Waals surface area contributed by atoms with Gasteiger partial charge in [0.25, 0.3) is 0 Å². The number of carbonyl (C=O) groups is 1. The molecule has 4 rings (SSSR count). The van der Waals surface area contributed by atoms with Gasteiger partial charge < -0.3 is 4.74 Å². The summed E-state index contributed by atoms with van der Waals surface area (Å²) in [5.41, 5.74) is 1.72. The van der Waals surface area contributed by atoms with Crippen LogP contribution in [0.2, 0.25) is 0 Å². The first-order valence-electron chi connectivity index (χ1n) is 7.78. The number of anilines is 1. The lowest BCUT2D eigenvalue weighted by Crippen LogP contribution is -2.24. The number of cyclic esters (lactones) is 1. The summed E-state index contributed by atoms with van der Waals surface area (Å²) < 4.78 is 5.43. The fourth-order valence-corrected chi connectivity index (χ4v) is 3.31. The minimum atomic E-state index is -0.317. The minimum Gasteiger partial charge on any atom is -0.443 e. The van der Waals surface area contributed by atoms with E-state index >= 15 is 0 Å². The molecule has 0 aliphatic carbocycles. The first-order chi connectivity index (χ1) is 12.3. The third-order valence-electron chi connectivity index (χ3n) is 3.74. The molecule has 1 unspecified atom stereocenters. The third kappa shape index (κ3) is 3.48. The summed E-state index contributed by atoms with van der Waals surface area (Å²) in [5.74, 6) is 1.27. The van der Waals surface area contributed by atoms with Crippen molar-refractivity contribution in [3.63, 3.8) is 0 Å². The molecule has 1 aliphatic heterocycles. The van der Waals surface area contributed by atoms with Crippen LogP contribution in [0.5, 0.6) is 0 Å². The van der Waals surface area contributed by atoms with Crippen molar-refractivity contribution in [1.82, 2.24) is 20.2 Å². The molecule has 1 aromatic carbocycles. The highest BCUT2D eigenvalue weighted by atomic mass is 32.2. The van der Waals surface area contributed by atoms with Crippen LogP contribution in [0.4, 0.5) is 10.5 Å². The Kier molecular flexibility index (Phi) is 4.34. The molecule has 1 aliphatic rings. The molecule has 2 aromatic heterocycles. The zero-order valence-corrected chi connectivity index (χ0v) is 14.0. The van der Waals surface area contributed by atoms with Gasteiger partial charge in [0.05, 0.1) is 6.54 Å². The average molecular weight is 353 g/mol. The Morgan fingerprint density at radius 3 is 2.92 bits per heavy atom. The number of rotatable bonds is 5. The van der Waals surface area contributed by atoms with E-state index in [1.807, 2.05) is 42.5 Å². The Morgan fingerprint density at radius 1 is 1.24 bits per heavy atom. The number of pyridine rings is 1. The Hall–Kier alpha value is -2.87. The minimum absolute atomic E-state index is 0.196. The largest absolute Gasteiger partial charge is 0.443 e. The fourth-order valence-electron chi connectivity index (χ4n) is 2.54. The highest BCUT2D eigenvalue weighted by molar-refractivity contribution is 7.99. The molecule has 0 saturated carbocycles. The second-order valence-corrected chi connectivity index (χ2v) is 6.46. The molecule has 0 spiro atoms. The molecule has 1 amide bonds. The lowest BCUT2D eigenvalue weighted by atomic mass is 10.3. The van der Waals surface area contributed by atoms with Gasteiger partial charge in [-0.2, -0.15) is 0 Å². The van der Waals surface area contributed by atoms with Gasteiger partial charge in [0.15, 0.2) is 5.82 Å². The van der Waals surface area contributed by atoms with Crippen molar-refractivity contribution in [3.05, 3.63) is 54.9 Å². The van der Waals surface area contributed by atoms with E-state index in [2.05, 4.69) is 20.2 Å². The summed E-state index contributed by atoms with van der Waals surface area (Å²) in [6.07, 6.45) is 2.93. The number of carbonyl (C=O) groups excluding carboxylic acids is 1. The molecule has 1 atom stereocenters. The van der Waals surface area contributed by atoms with Crippen molar-refractivity contribution in [1.29, 1.82) is 0 Å². The Bertz CT molecular complexity index is 856. The number of ether oxygens (including phenoxy) is 1. The van der Waals surface area contributed by atoms with Crippen molar-refractivity contribution < 1.29 is 9.53 Å². The zero-order valence-electron chi connectivity index (χ0n) is 13.2. The van der Waals surface area contributed by atoms with Crippen LogP contribution in [-0.4, -0.2) is 44.7 Å². The summed E-state index contributed by atoms with van der Waals surface area (Å²) in [6, 6.07) is 13.3. The second kappa shape index (κ2) is 6.94. The summed E-state index contributed by atoms with van der Waals surface area (Å²) in [7, 11) is 0. The van der Waals surface area contributed by atoms with Gasteiger partial charge in [-0.25, -0.2) is 9.78 Å². The van der Waals surface area contributed by atoms with Crippen LogP contribution in [0.1, 0.15) is 0 Å². The summed E-state index contributed by atoms with van der Waals surface area (Å²) >= 11 is 1.45. The van der Waals surface area contributed by atoms with Crippen LogP contribution in [-0.2, 0) is 4.74 Å². The smallest absolute Gasteiger partial charge is 0.414 e. The second-order valence-electron chi connectivity index (χ2n) is 5.47. The number of hydrogen-bond donors (Lipinski definition) is 1. The topological polar surface area (TPSA) is 84.0 Å². The average Bonchev–Trinajstić information content (AvgIpc) is 3.28. The van der Waals surface area contributed by atoms with Crippen molar-refractivity contribution in [3.8, 4) is 11.4 Å². The van der Waals surface area contributed by atoms with E-state index in [0.29, 0.717) is 23.3 Å².